The highest BCUT2D eigenvalue weighted by Gasteiger charge is 2.19. The second-order valence-electron chi connectivity index (χ2n) is 22.4. The summed E-state index contributed by atoms with van der Waals surface area (Å²) in [6.45, 7) is 6.58. The minimum absolute atomic E-state index is 0.0722. The van der Waals surface area contributed by atoms with Crippen LogP contribution >= 0.6 is 0 Å². The van der Waals surface area contributed by atoms with Crippen LogP contribution in [-0.4, -0.2) is 37.2 Å². The molecule has 0 aromatic carbocycles. The second kappa shape index (κ2) is 64.6. The molecule has 0 radical (unpaired) electrons. The van der Waals surface area contributed by atoms with Crippen molar-refractivity contribution in [3.05, 3.63) is 60.8 Å². The third-order valence-corrected chi connectivity index (χ3v) is 14.7. The number of esters is 3. The lowest BCUT2D eigenvalue weighted by atomic mass is 10.0. The van der Waals surface area contributed by atoms with E-state index in [0.29, 0.717) is 19.3 Å². The van der Waals surface area contributed by atoms with Gasteiger partial charge in [0, 0.05) is 19.3 Å². The van der Waals surface area contributed by atoms with E-state index < -0.39 is 6.10 Å². The van der Waals surface area contributed by atoms with E-state index in [9.17, 15) is 14.4 Å². The minimum Gasteiger partial charge on any atom is -0.462 e. The van der Waals surface area contributed by atoms with Crippen LogP contribution in [0, 0.1) is 0 Å². The molecule has 76 heavy (non-hydrogen) atoms. The largest absolute Gasteiger partial charge is 0.462 e. The summed E-state index contributed by atoms with van der Waals surface area (Å²) in [5.41, 5.74) is 0. The Bertz CT molecular complexity index is 1360. The summed E-state index contributed by atoms with van der Waals surface area (Å²) in [5.74, 6) is -0.870. The van der Waals surface area contributed by atoms with E-state index in [1.54, 1.807) is 0 Å². The highest BCUT2D eigenvalue weighted by atomic mass is 16.6. The van der Waals surface area contributed by atoms with Crippen LogP contribution in [0.5, 0.6) is 0 Å². The van der Waals surface area contributed by atoms with Crippen molar-refractivity contribution in [1.29, 1.82) is 0 Å². The zero-order valence-corrected chi connectivity index (χ0v) is 50.8. The fraction of sp³-hybridized carbons (Fsp3) is 0.814. The quantitative estimate of drug-likeness (QED) is 0.0261. The van der Waals surface area contributed by atoms with Gasteiger partial charge in [0.2, 0.25) is 0 Å². The number of unbranched alkanes of at least 4 members (excludes halogenated alkanes) is 40. The molecule has 0 aromatic heterocycles. The van der Waals surface area contributed by atoms with Crippen LogP contribution in [0.25, 0.3) is 0 Å². The molecular formula is C70H126O6. The molecule has 0 aliphatic heterocycles. The Morgan fingerprint density at radius 3 is 0.763 bits per heavy atom. The van der Waals surface area contributed by atoms with Gasteiger partial charge in [0.15, 0.2) is 6.10 Å². The van der Waals surface area contributed by atoms with E-state index in [1.165, 1.54) is 231 Å². The lowest BCUT2D eigenvalue weighted by molar-refractivity contribution is -0.167. The van der Waals surface area contributed by atoms with Gasteiger partial charge < -0.3 is 14.2 Å². The summed E-state index contributed by atoms with van der Waals surface area (Å²) in [7, 11) is 0. The molecule has 0 amide bonds. The molecule has 0 spiro atoms. The predicted octanol–water partition coefficient (Wildman–Crippen LogP) is 22.7. The standard InChI is InChI=1S/C70H126O6/c1-4-7-10-13-16-18-20-22-24-26-28-29-30-31-32-33-34-35-36-37-38-39-40-41-43-44-46-48-50-52-54-57-60-63-69(72)75-66-67(65-74-68(71)62-59-56-15-12-9-6-3)76-70(73)64-61-58-55-53-51-49-47-45-42-27-25-23-21-19-17-14-11-8-5-2/h17,19-20,22-23,25-26,28,30-31,67H,4-16,18,21,24,27,29,32-66H2,1-3H3/b19-17-,22-20-,25-23-,28-26-,31-30-. The second-order valence-corrected chi connectivity index (χ2v) is 22.4. The zero-order chi connectivity index (χ0) is 55.0. The van der Waals surface area contributed by atoms with Gasteiger partial charge in [0.05, 0.1) is 0 Å². The van der Waals surface area contributed by atoms with Gasteiger partial charge in [-0.15, -0.1) is 0 Å². The molecule has 442 valence electrons. The Morgan fingerprint density at radius 2 is 0.474 bits per heavy atom. The SMILES string of the molecule is CCCCC/C=C\C/C=C\CCCCCCCCCCCC(=O)OC(COC(=O)CCCCCCCC)COC(=O)CCCCCCCCCCCCCCCCCCCC/C=C\C/C=C\C/C=C\CCCCCCC. The van der Waals surface area contributed by atoms with Crippen LogP contribution in [0.4, 0.5) is 0 Å². The van der Waals surface area contributed by atoms with Gasteiger partial charge in [0.25, 0.3) is 0 Å². The number of hydrogen-bond acceptors (Lipinski definition) is 6. The minimum atomic E-state index is -0.772. The topological polar surface area (TPSA) is 78.9 Å². The lowest BCUT2D eigenvalue weighted by Crippen LogP contribution is -2.30. The maximum atomic E-state index is 12.8. The summed E-state index contributed by atoms with van der Waals surface area (Å²) in [6, 6.07) is 0. The summed E-state index contributed by atoms with van der Waals surface area (Å²) >= 11 is 0. The smallest absolute Gasteiger partial charge is 0.306 e. The monoisotopic (exact) mass is 1060 g/mol. The first kappa shape index (κ1) is 73.1. The molecule has 0 bridgehead atoms. The molecule has 1 unspecified atom stereocenters. The van der Waals surface area contributed by atoms with E-state index in [0.717, 1.165) is 77.0 Å². The fourth-order valence-electron chi connectivity index (χ4n) is 9.72. The normalized spacial score (nSPS) is 12.4. The van der Waals surface area contributed by atoms with Crippen molar-refractivity contribution >= 4 is 17.9 Å². The molecule has 6 heteroatoms. The van der Waals surface area contributed by atoms with E-state index in [4.69, 9.17) is 14.2 Å². The lowest BCUT2D eigenvalue weighted by Gasteiger charge is -2.18. The van der Waals surface area contributed by atoms with Gasteiger partial charge in [-0.2, -0.15) is 0 Å². The predicted molar refractivity (Wildman–Crippen MR) is 330 cm³/mol. The van der Waals surface area contributed by atoms with Crippen LogP contribution < -0.4 is 0 Å². The average molecular weight is 1060 g/mol. The maximum Gasteiger partial charge on any atom is 0.306 e. The molecule has 1 atom stereocenters. The van der Waals surface area contributed by atoms with Crippen LogP contribution in [0.1, 0.15) is 348 Å². The Balaban J connectivity index is 3.97. The molecule has 0 rings (SSSR count). The molecule has 0 heterocycles. The zero-order valence-electron chi connectivity index (χ0n) is 50.8. The van der Waals surface area contributed by atoms with Crippen LogP contribution in [0.3, 0.4) is 0 Å². The number of allylic oxidation sites excluding steroid dienone is 10. The summed E-state index contributed by atoms with van der Waals surface area (Å²) in [4.78, 5) is 38.0. The summed E-state index contributed by atoms with van der Waals surface area (Å²) in [6.07, 6.45) is 82.8. The Labute approximate surface area is 472 Å². The molecule has 0 fully saturated rings. The van der Waals surface area contributed by atoms with E-state index in [-0.39, 0.29) is 31.1 Å². The molecule has 0 saturated heterocycles. The molecule has 0 N–H and O–H groups in total. The van der Waals surface area contributed by atoms with Crippen molar-refractivity contribution < 1.29 is 28.6 Å². The van der Waals surface area contributed by atoms with Crippen molar-refractivity contribution in [2.75, 3.05) is 13.2 Å². The van der Waals surface area contributed by atoms with Gasteiger partial charge >= 0.3 is 17.9 Å². The molecule has 0 aliphatic rings. The third-order valence-electron chi connectivity index (χ3n) is 14.7. The van der Waals surface area contributed by atoms with E-state index >= 15 is 0 Å². The number of rotatable bonds is 61. The molecule has 0 aliphatic carbocycles. The fourth-order valence-corrected chi connectivity index (χ4v) is 9.72. The molecule has 0 aromatic rings. The van der Waals surface area contributed by atoms with Gasteiger partial charge in [-0.05, 0) is 89.9 Å². The number of carbonyl (C=O) groups is 3. The number of carbonyl (C=O) groups excluding carboxylic acids is 3. The Morgan fingerprint density at radius 1 is 0.263 bits per heavy atom. The molecule has 0 saturated carbocycles. The van der Waals surface area contributed by atoms with Crippen LogP contribution in [0.15, 0.2) is 60.8 Å². The van der Waals surface area contributed by atoms with Gasteiger partial charge in [0.1, 0.15) is 13.2 Å². The first-order valence-corrected chi connectivity index (χ1v) is 33.3. The first-order chi connectivity index (χ1) is 37.5. The Hall–Kier alpha value is -2.89. The van der Waals surface area contributed by atoms with Crippen molar-refractivity contribution in [1.82, 2.24) is 0 Å². The van der Waals surface area contributed by atoms with E-state index in [2.05, 4.69) is 81.5 Å². The third kappa shape index (κ3) is 62.0. The van der Waals surface area contributed by atoms with Gasteiger partial charge in [-0.25, -0.2) is 0 Å². The maximum absolute atomic E-state index is 12.8. The first-order valence-electron chi connectivity index (χ1n) is 33.3. The highest BCUT2D eigenvalue weighted by Crippen LogP contribution is 2.17. The van der Waals surface area contributed by atoms with Crippen LogP contribution in [-0.2, 0) is 28.6 Å². The number of hydrogen-bond donors (Lipinski definition) is 0. The Kier molecular flexibility index (Phi) is 62.2. The van der Waals surface area contributed by atoms with Crippen LogP contribution in [0.2, 0.25) is 0 Å². The van der Waals surface area contributed by atoms with Crippen molar-refractivity contribution in [2.45, 2.75) is 354 Å². The van der Waals surface area contributed by atoms with Gasteiger partial charge in [-0.3, -0.25) is 14.4 Å². The van der Waals surface area contributed by atoms with Gasteiger partial charge in [-0.1, -0.05) is 300 Å². The van der Waals surface area contributed by atoms with Crippen molar-refractivity contribution in [3.8, 4) is 0 Å². The van der Waals surface area contributed by atoms with Crippen molar-refractivity contribution in [3.63, 3.8) is 0 Å². The summed E-state index contributed by atoms with van der Waals surface area (Å²) < 4.78 is 16.8. The molecular weight excluding hydrogens is 937 g/mol. The average Bonchev–Trinajstić information content (AvgIpc) is 3.42. The molecule has 6 nitrogen and oxygen atoms in total. The van der Waals surface area contributed by atoms with E-state index in [1.807, 2.05) is 0 Å². The highest BCUT2D eigenvalue weighted by molar-refractivity contribution is 5.71. The summed E-state index contributed by atoms with van der Waals surface area (Å²) in [5, 5.41) is 0. The number of ether oxygens (including phenoxy) is 3. The van der Waals surface area contributed by atoms with Crippen molar-refractivity contribution in [2.24, 2.45) is 0 Å².